The summed E-state index contributed by atoms with van der Waals surface area (Å²) in [5, 5.41) is 0. The summed E-state index contributed by atoms with van der Waals surface area (Å²) in [6.45, 7) is 11.9. The molecular formula is C19H22F2N2O. The van der Waals surface area contributed by atoms with Crippen LogP contribution in [-0.2, 0) is 6.42 Å². The maximum atomic E-state index is 13.6. The normalized spacial score (nSPS) is 12.5. The predicted octanol–water partition coefficient (Wildman–Crippen LogP) is 5.71. The van der Waals surface area contributed by atoms with Crippen molar-refractivity contribution >= 4 is 5.57 Å². The van der Waals surface area contributed by atoms with Crippen LogP contribution >= 0.6 is 0 Å². The molecule has 2 aromatic heterocycles. The molecule has 0 aliphatic rings. The van der Waals surface area contributed by atoms with Gasteiger partial charge in [0.2, 0.25) is 0 Å². The number of aromatic nitrogens is 2. The van der Waals surface area contributed by atoms with Crippen molar-refractivity contribution < 1.29 is 13.2 Å². The quantitative estimate of drug-likeness (QED) is 0.660. The first-order valence-electron chi connectivity index (χ1n) is 7.84. The molecule has 2 heterocycles. The standard InChI is InChI=1S/C19H22F2N2O/c1-6-8-14(12(3)19(5,20)21)16-10-11-17(24-16)18-22-13(4)15(23-18)9-7-2/h6,8,10-11H,1,3,7,9H2,2,4-5H3,(H,22,23)/b14-8+. The van der Waals surface area contributed by atoms with Crippen LogP contribution in [-0.4, -0.2) is 15.9 Å². The Balaban J connectivity index is 2.38. The lowest BCUT2D eigenvalue weighted by Crippen LogP contribution is -2.13. The largest absolute Gasteiger partial charge is 0.453 e. The zero-order chi connectivity index (χ0) is 17.9. The van der Waals surface area contributed by atoms with Gasteiger partial charge in [0.1, 0.15) is 5.76 Å². The van der Waals surface area contributed by atoms with E-state index in [2.05, 4.69) is 30.0 Å². The van der Waals surface area contributed by atoms with Gasteiger partial charge in [-0.1, -0.05) is 38.7 Å². The van der Waals surface area contributed by atoms with E-state index in [1.807, 2.05) is 6.92 Å². The molecule has 0 unspecified atom stereocenters. The van der Waals surface area contributed by atoms with E-state index in [0.717, 1.165) is 31.2 Å². The van der Waals surface area contributed by atoms with E-state index in [9.17, 15) is 8.78 Å². The van der Waals surface area contributed by atoms with Crippen LogP contribution in [0.15, 0.2) is 47.4 Å². The number of imidazole rings is 1. The number of nitrogens with one attached hydrogen (secondary N) is 1. The van der Waals surface area contributed by atoms with Gasteiger partial charge >= 0.3 is 0 Å². The van der Waals surface area contributed by atoms with Gasteiger partial charge in [0, 0.05) is 23.8 Å². The molecule has 0 radical (unpaired) electrons. The molecule has 0 aliphatic carbocycles. The molecule has 0 aromatic carbocycles. The molecule has 2 rings (SSSR count). The van der Waals surface area contributed by atoms with Gasteiger partial charge in [-0.25, -0.2) is 13.8 Å². The van der Waals surface area contributed by atoms with E-state index in [-0.39, 0.29) is 11.1 Å². The molecule has 0 saturated carbocycles. The molecule has 5 heteroatoms. The van der Waals surface area contributed by atoms with Gasteiger partial charge in [-0.2, -0.15) is 0 Å². The number of aryl methyl sites for hydroxylation is 2. The Hall–Kier alpha value is -2.43. The Labute approximate surface area is 140 Å². The van der Waals surface area contributed by atoms with Crippen LogP contribution in [0, 0.1) is 6.92 Å². The zero-order valence-corrected chi connectivity index (χ0v) is 14.2. The first-order valence-corrected chi connectivity index (χ1v) is 7.84. The third kappa shape index (κ3) is 3.72. The van der Waals surface area contributed by atoms with Crippen LogP contribution in [0.25, 0.3) is 17.2 Å². The molecule has 2 aromatic rings. The number of hydrogen-bond acceptors (Lipinski definition) is 2. The summed E-state index contributed by atoms with van der Waals surface area (Å²) in [6.07, 6.45) is 4.77. The molecule has 128 valence electrons. The van der Waals surface area contributed by atoms with E-state index in [1.165, 1.54) is 12.2 Å². The summed E-state index contributed by atoms with van der Waals surface area (Å²) >= 11 is 0. The summed E-state index contributed by atoms with van der Waals surface area (Å²) < 4.78 is 33.0. The predicted molar refractivity (Wildman–Crippen MR) is 93.0 cm³/mol. The van der Waals surface area contributed by atoms with E-state index in [4.69, 9.17) is 4.42 Å². The second-order valence-corrected chi connectivity index (χ2v) is 5.75. The van der Waals surface area contributed by atoms with Crippen molar-refractivity contribution in [3.05, 3.63) is 60.2 Å². The molecule has 0 aliphatic heterocycles. The molecule has 24 heavy (non-hydrogen) atoms. The van der Waals surface area contributed by atoms with Crippen molar-refractivity contribution in [1.82, 2.24) is 9.97 Å². The van der Waals surface area contributed by atoms with Crippen molar-refractivity contribution in [2.24, 2.45) is 0 Å². The average Bonchev–Trinajstić information content (AvgIpc) is 3.11. The Morgan fingerprint density at radius 2 is 2.12 bits per heavy atom. The summed E-state index contributed by atoms with van der Waals surface area (Å²) in [4.78, 5) is 7.70. The van der Waals surface area contributed by atoms with Crippen molar-refractivity contribution in [1.29, 1.82) is 0 Å². The third-order valence-electron chi connectivity index (χ3n) is 3.72. The van der Waals surface area contributed by atoms with E-state index < -0.39 is 5.92 Å². The van der Waals surface area contributed by atoms with Crippen LogP contribution in [0.5, 0.6) is 0 Å². The average molecular weight is 332 g/mol. The third-order valence-corrected chi connectivity index (χ3v) is 3.72. The van der Waals surface area contributed by atoms with Gasteiger partial charge in [0.15, 0.2) is 11.6 Å². The zero-order valence-electron chi connectivity index (χ0n) is 14.2. The van der Waals surface area contributed by atoms with Crippen LogP contribution in [0.1, 0.15) is 37.4 Å². The van der Waals surface area contributed by atoms with Crippen LogP contribution in [0.3, 0.4) is 0 Å². The molecule has 1 N–H and O–H groups in total. The second-order valence-electron chi connectivity index (χ2n) is 5.75. The molecule has 0 bridgehead atoms. The number of nitrogens with zero attached hydrogens (tertiary/aromatic N) is 1. The Morgan fingerprint density at radius 1 is 1.42 bits per heavy atom. The number of aromatic amines is 1. The molecule has 0 amide bonds. The lowest BCUT2D eigenvalue weighted by atomic mass is 10.00. The maximum Gasteiger partial charge on any atom is 0.270 e. The summed E-state index contributed by atoms with van der Waals surface area (Å²) in [5.74, 6) is -1.65. The molecule has 0 spiro atoms. The summed E-state index contributed by atoms with van der Waals surface area (Å²) in [5.41, 5.74) is 1.87. The van der Waals surface area contributed by atoms with Crippen LogP contribution in [0.2, 0.25) is 0 Å². The van der Waals surface area contributed by atoms with E-state index in [1.54, 1.807) is 12.1 Å². The Kier molecular flexibility index (Phi) is 5.22. The van der Waals surface area contributed by atoms with Gasteiger partial charge in [-0.15, -0.1) is 0 Å². The highest BCUT2D eigenvalue weighted by molar-refractivity contribution is 5.79. The lowest BCUT2D eigenvalue weighted by molar-refractivity contribution is 0.0691. The monoisotopic (exact) mass is 332 g/mol. The van der Waals surface area contributed by atoms with Crippen molar-refractivity contribution in [3.63, 3.8) is 0 Å². The lowest BCUT2D eigenvalue weighted by Gasteiger charge is -2.15. The van der Waals surface area contributed by atoms with Crippen LogP contribution < -0.4 is 0 Å². The molecule has 0 saturated heterocycles. The highest BCUT2D eigenvalue weighted by Gasteiger charge is 2.30. The molecular weight excluding hydrogens is 310 g/mol. The highest BCUT2D eigenvalue weighted by atomic mass is 19.3. The fraction of sp³-hybridized carbons (Fsp3) is 0.316. The van der Waals surface area contributed by atoms with E-state index >= 15 is 0 Å². The van der Waals surface area contributed by atoms with Gasteiger partial charge in [-0.3, -0.25) is 0 Å². The number of alkyl halides is 2. The number of hydrogen-bond donors (Lipinski definition) is 1. The highest BCUT2D eigenvalue weighted by Crippen LogP contribution is 2.35. The minimum Gasteiger partial charge on any atom is -0.453 e. The minimum atomic E-state index is -3.04. The topological polar surface area (TPSA) is 41.8 Å². The van der Waals surface area contributed by atoms with Gasteiger partial charge in [0.05, 0.1) is 5.69 Å². The molecule has 3 nitrogen and oxygen atoms in total. The van der Waals surface area contributed by atoms with Crippen molar-refractivity contribution in [2.75, 3.05) is 0 Å². The van der Waals surface area contributed by atoms with Gasteiger partial charge in [0.25, 0.3) is 5.92 Å². The van der Waals surface area contributed by atoms with Crippen LogP contribution in [0.4, 0.5) is 8.78 Å². The molecule has 0 atom stereocenters. The Bertz CT molecular complexity index is 776. The summed E-state index contributed by atoms with van der Waals surface area (Å²) in [6, 6.07) is 3.35. The number of halogens is 2. The SMILES string of the molecule is C=C/C=C(\C(=C)C(C)(F)F)c1ccc(-c2nc(CCC)c(C)[nH]2)o1. The minimum absolute atomic E-state index is 0.223. The fourth-order valence-corrected chi connectivity index (χ4v) is 2.39. The summed E-state index contributed by atoms with van der Waals surface area (Å²) in [7, 11) is 0. The number of H-pyrrole nitrogens is 1. The second kappa shape index (κ2) is 6.99. The van der Waals surface area contributed by atoms with Gasteiger partial charge < -0.3 is 9.40 Å². The van der Waals surface area contributed by atoms with Crippen molar-refractivity contribution in [3.8, 4) is 11.6 Å². The fourth-order valence-electron chi connectivity index (χ4n) is 2.39. The first-order chi connectivity index (χ1) is 11.3. The Morgan fingerprint density at radius 3 is 2.71 bits per heavy atom. The van der Waals surface area contributed by atoms with Crippen molar-refractivity contribution in [2.45, 2.75) is 39.5 Å². The number of rotatable bonds is 7. The smallest absolute Gasteiger partial charge is 0.270 e. The van der Waals surface area contributed by atoms with Gasteiger partial charge in [-0.05, 0) is 25.5 Å². The molecule has 0 fully saturated rings. The number of furan rings is 1. The first kappa shape index (κ1) is 17.9. The van der Waals surface area contributed by atoms with E-state index in [0.29, 0.717) is 17.3 Å². The maximum absolute atomic E-state index is 13.6. The number of allylic oxidation sites excluding steroid dienone is 4.